The van der Waals surface area contributed by atoms with Crippen LogP contribution in [0.4, 0.5) is 0 Å². The van der Waals surface area contributed by atoms with E-state index in [0.29, 0.717) is 28.6 Å². The second-order valence-electron chi connectivity index (χ2n) is 5.79. The van der Waals surface area contributed by atoms with Gasteiger partial charge in [-0.1, -0.05) is 30.3 Å². The fourth-order valence-electron chi connectivity index (χ4n) is 2.91. The summed E-state index contributed by atoms with van der Waals surface area (Å²) in [6, 6.07) is 19.0. The lowest BCUT2D eigenvalue weighted by Crippen LogP contribution is -2.08. The Morgan fingerprint density at radius 3 is 2.64 bits per heavy atom. The number of rotatable bonds is 3. The number of fused-ring (bicyclic) bond motifs is 1. The standard InChI is InChI=1S/C20H14N4O/c21-12-16-3-1-4-17-18(16)11-19(23-20(17)25)15-7-5-14(6-8-15)13-24-10-2-9-22-24/h1-11H,13H2,(H,23,25). The minimum Gasteiger partial charge on any atom is -0.321 e. The van der Waals surface area contributed by atoms with Crippen molar-refractivity contribution in [3.05, 3.63) is 88.5 Å². The number of aromatic amines is 1. The van der Waals surface area contributed by atoms with Crippen molar-refractivity contribution < 1.29 is 0 Å². The van der Waals surface area contributed by atoms with Gasteiger partial charge < -0.3 is 4.98 Å². The molecule has 4 rings (SSSR count). The van der Waals surface area contributed by atoms with Crippen LogP contribution in [0, 0.1) is 11.3 Å². The number of hydrogen-bond acceptors (Lipinski definition) is 3. The SMILES string of the molecule is N#Cc1cccc2c(=O)[nH]c(-c3ccc(Cn4cccn4)cc3)cc12. The molecule has 2 aromatic heterocycles. The second-order valence-corrected chi connectivity index (χ2v) is 5.79. The van der Waals surface area contributed by atoms with E-state index >= 15 is 0 Å². The molecular formula is C20H14N4O. The van der Waals surface area contributed by atoms with E-state index in [1.807, 2.05) is 47.3 Å². The molecule has 0 bridgehead atoms. The maximum Gasteiger partial charge on any atom is 0.256 e. The number of nitrogens with one attached hydrogen (secondary N) is 1. The molecule has 4 aromatic rings. The zero-order chi connectivity index (χ0) is 17.2. The molecule has 5 nitrogen and oxygen atoms in total. The van der Waals surface area contributed by atoms with Gasteiger partial charge in [0.2, 0.25) is 0 Å². The van der Waals surface area contributed by atoms with Gasteiger partial charge in [-0.15, -0.1) is 0 Å². The third-order valence-corrected chi connectivity index (χ3v) is 4.18. The summed E-state index contributed by atoms with van der Waals surface area (Å²) in [5, 5.41) is 14.7. The summed E-state index contributed by atoms with van der Waals surface area (Å²) in [5.41, 5.74) is 3.03. The summed E-state index contributed by atoms with van der Waals surface area (Å²) < 4.78 is 1.85. The van der Waals surface area contributed by atoms with Gasteiger partial charge in [0.25, 0.3) is 5.56 Å². The summed E-state index contributed by atoms with van der Waals surface area (Å²) in [5.74, 6) is 0. The first-order valence-corrected chi connectivity index (χ1v) is 7.87. The smallest absolute Gasteiger partial charge is 0.256 e. The third kappa shape index (κ3) is 2.81. The first-order chi connectivity index (χ1) is 12.2. The average Bonchev–Trinajstić information content (AvgIpc) is 3.15. The molecule has 25 heavy (non-hydrogen) atoms. The highest BCUT2D eigenvalue weighted by Gasteiger charge is 2.08. The van der Waals surface area contributed by atoms with Gasteiger partial charge in [-0.05, 0) is 35.4 Å². The molecule has 120 valence electrons. The lowest BCUT2D eigenvalue weighted by Gasteiger charge is -2.07. The Morgan fingerprint density at radius 2 is 1.92 bits per heavy atom. The zero-order valence-corrected chi connectivity index (χ0v) is 13.3. The molecule has 0 saturated heterocycles. The van der Waals surface area contributed by atoms with Crippen molar-refractivity contribution >= 4 is 10.8 Å². The normalized spacial score (nSPS) is 10.7. The van der Waals surface area contributed by atoms with E-state index in [9.17, 15) is 10.1 Å². The van der Waals surface area contributed by atoms with Crippen molar-refractivity contribution in [1.29, 1.82) is 5.26 Å². The van der Waals surface area contributed by atoms with Gasteiger partial charge in [0.05, 0.1) is 18.2 Å². The van der Waals surface area contributed by atoms with Crippen molar-refractivity contribution in [2.75, 3.05) is 0 Å². The number of H-pyrrole nitrogens is 1. The molecular weight excluding hydrogens is 312 g/mol. The zero-order valence-electron chi connectivity index (χ0n) is 13.3. The molecule has 0 aliphatic rings. The van der Waals surface area contributed by atoms with Gasteiger partial charge in [-0.25, -0.2) is 0 Å². The lowest BCUT2D eigenvalue weighted by atomic mass is 10.0. The van der Waals surface area contributed by atoms with Gasteiger partial charge in [0.15, 0.2) is 0 Å². The fraction of sp³-hybridized carbons (Fsp3) is 0.0500. The van der Waals surface area contributed by atoms with Crippen LogP contribution in [-0.4, -0.2) is 14.8 Å². The van der Waals surface area contributed by atoms with Crippen LogP contribution >= 0.6 is 0 Å². The summed E-state index contributed by atoms with van der Waals surface area (Å²) in [4.78, 5) is 15.2. The molecule has 0 radical (unpaired) electrons. The van der Waals surface area contributed by atoms with E-state index in [1.165, 1.54) is 0 Å². The highest BCUT2D eigenvalue weighted by atomic mass is 16.1. The topological polar surface area (TPSA) is 74.5 Å². The van der Waals surface area contributed by atoms with Crippen molar-refractivity contribution in [2.24, 2.45) is 0 Å². The summed E-state index contributed by atoms with van der Waals surface area (Å²) in [6.45, 7) is 0.695. The van der Waals surface area contributed by atoms with Crippen molar-refractivity contribution in [2.45, 2.75) is 6.54 Å². The molecule has 2 heterocycles. The molecule has 0 unspecified atom stereocenters. The van der Waals surface area contributed by atoms with Crippen LogP contribution in [-0.2, 0) is 6.54 Å². The van der Waals surface area contributed by atoms with Gasteiger partial charge in [-0.2, -0.15) is 10.4 Å². The Labute approximate surface area is 143 Å². The minimum absolute atomic E-state index is 0.190. The van der Waals surface area contributed by atoms with E-state index in [0.717, 1.165) is 11.1 Å². The van der Waals surface area contributed by atoms with Crippen molar-refractivity contribution in [3.63, 3.8) is 0 Å². The Hall–Kier alpha value is -3.65. The van der Waals surface area contributed by atoms with Crippen LogP contribution in [0.15, 0.2) is 71.8 Å². The largest absolute Gasteiger partial charge is 0.321 e. The number of aromatic nitrogens is 3. The van der Waals surface area contributed by atoms with Crippen LogP contribution in [0.5, 0.6) is 0 Å². The summed E-state index contributed by atoms with van der Waals surface area (Å²) in [7, 11) is 0. The highest BCUT2D eigenvalue weighted by Crippen LogP contribution is 2.22. The van der Waals surface area contributed by atoms with E-state index < -0.39 is 0 Å². The Bertz CT molecular complexity index is 1130. The summed E-state index contributed by atoms with van der Waals surface area (Å²) >= 11 is 0. The van der Waals surface area contributed by atoms with E-state index in [2.05, 4.69) is 16.2 Å². The maximum absolute atomic E-state index is 12.3. The average molecular weight is 326 g/mol. The monoisotopic (exact) mass is 326 g/mol. The molecule has 0 aliphatic heterocycles. The van der Waals surface area contributed by atoms with Gasteiger partial charge in [0.1, 0.15) is 0 Å². The Morgan fingerprint density at radius 1 is 1.08 bits per heavy atom. The molecule has 0 aliphatic carbocycles. The molecule has 1 N–H and O–H groups in total. The first kappa shape index (κ1) is 14.9. The van der Waals surface area contributed by atoms with Crippen LogP contribution in [0.25, 0.3) is 22.0 Å². The van der Waals surface area contributed by atoms with Crippen LogP contribution < -0.4 is 5.56 Å². The van der Waals surface area contributed by atoms with Gasteiger partial charge in [0, 0.05) is 28.9 Å². The predicted molar refractivity (Wildman–Crippen MR) is 96.0 cm³/mol. The van der Waals surface area contributed by atoms with Gasteiger partial charge >= 0.3 is 0 Å². The van der Waals surface area contributed by atoms with Crippen LogP contribution in [0.3, 0.4) is 0 Å². The van der Waals surface area contributed by atoms with Crippen molar-refractivity contribution in [3.8, 4) is 17.3 Å². The fourth-order valence-corrected chi connectivity index (χ4v) is 2.91. The molecule has 0 atom stereocenters. The number of hydrogen-bond donors (Lipinski definition) is 1. The molecule has 0 saturated carbocycles. The molecule has 0 amide bonds. The number of nitriles is 1. The molecule has 0 fully saturated rings. The Balaban J connectivity index is 1.74. The highest BCUT2D eigenvalue weighted by molar-refractivity contribution is 5.89. The second kappa shape index (κ2) is 6.10. The molecule has 2 aromatic carbocycles. The molecule has 0 spiro atoms. The van der Waals surface area contributed by atoms with Crippen LogP contribution in [0.2, 0.25) is 0 Å². The molecule has 5 heteroatoms. The first-order valence-electron chi connectivity index (χ1n) is 7.87. The van der Waals surface area contributed by atoms with Gasteiger partial charge in [-0.3, -0.25) is 9.48 Å². The van der Waals surface area contributed by atoms with Crippen molar-refractivity contribution in [1.82, 2.24) is 14.8 Å². The van der Waals surface area contributed by atoms with E-state index in [1.54, 1.807) is 24.4 Å². The quantitative estimate of drug-likeness (QED) is 0.627. The summed E-state index contributed by atoms with van der Waals surface area (Å²) in [6.07, 6.45) is 3.67. The van der Waals surface area contributed by atoms with Crippen LogP contribution in [0.1, 0.15) is 11.1 Å². The number of benzene rings is 2. The van der Waals surface area contributed by atoms with E-state index in [-0.39, 0.29) is 5.56 Å². The predicted octanol–water partition coefficient (Wildman–Crippen LogP) is 3.31. The Kier molecular flexibility index (Phi) is 3.64. The van der Waals surface area contributed by atoms with E-state index in [4.69, 9.17) is 0 Å². The maximum atomic E-state index is 12.3. The number of pyridine rings is 1. The number of nitrogens with zero attached hydrogens (tertiary/aromatic N) is 3. The lowest BCUT2D eigenvalue weighted by molar-refractivity contribution is 0.687. The minimum atomic E-state index is -0.190. The third-order valence-electron chi connectivity index (χ3n) is 4.18.